The maximum Gasteiger partial charge on any atom is 0.0620 e. The Balaban J connectivity index is 1.56. The van der Waals surface area contributed by atoms with E-state index >= 15 is 0 Å². The molecule has 2 N–H and O–H groups in total. The zero-order valence-corrected chi connectivity index (χ0v) is 10.5. The van der Waals surface area contributed by atoms with Crippen LogP contribution in [0, 0.1) is 11.8 Å². The molecule has 2 rings (SSSR count). The molecule has 94 valence electrons. The molecule has 0 saturated heterocycles. The van der Waals surface area contributed by atoms with Crippen LogP contribution in [0.5, 0.6) is 0 Å². The highest BCUT2D eigenvalue weighted by molar-refractivity contribution is 4.77. The van der Waals surface area contributed by atoms with Gasteiger partial charge in [-0.25, -0.2) is 0 Å². The smallest absolute Gasteiger partial charge is 0.0620 e. The highest BCUT2D eigenvalue weighted by Crippen LogP contribution is 2.27. The molecule has 0 aliphatic heterocycles. The lowest BCUT2D eigenvalue weighted by atomic mass is 9.90. The van der Waals surface area contributed by atoms with Gasteiger partial charge in [-0.2, -0.15) is 0 Å². The molecule has 0 spiro atoms. The van der Waals surface area contributed by atoms with Crippen LogP contribution in [-0.2, 0) is 4.74 Å². The molecule has 1 atom stereocenters. The molecule has 0 amide bonds. The molecule has 2 aliphatic rings. The predicted molar refractivity (Wildman–Crippen MR) is 67.3 cm³/mol. The third-order valence-electron chi connectivity index (χ3n) is 4.39. The molecule has 0 radical (unpaired) electrons. The monoisotopic (exact) mass is 225 g/mol. The molecule has 16 heavy (non-hydrogen) atoms. The van der Waals surface area contributed by atoms with Gasteiger partial charge in [0.25, 0.3) is 0 Å². The molecule has 1 unspecified atom stereocenters. The molecular formula is C14H27NO. The van der Waals surface area contributed by atoms with Crippen molar-refractivity contribution in [2.75, 3.05) is 13.2 Å². The second-order valence-corrected chi connectivity index (χ2v) is 5.75. The zero-order chi connectivity index (χ0) is 11.2. The fraction of sp³-hybridized carbons (Fsp3) is 1.00. The molecule has 0 aromatic rings. The van der Waals surface area contributed by atoms with Crippen molar-refractivity contribution in [2.24, 2.45) is 17.6 Å². The van der Waals surface area contributed by atoms with Crippen LogP contribution in [0.15, 0.2) is 0 Å². The van der Waals surface area contributed by atoms with Gasteiger partial charge in [-0.1, -0.05) is 32.1 Å². The maximum absolute atomic E-state index is 6.17. The van der Waals surface area contributed by atoms with Crippen LogP contribution in [-0.4, -0.2) is 19.3 Å². The fourth-order valence-corrected chi connectivity index (χ4v) is 3.25. The molecule has 0 heterocycles. The normalized spacial score (nSPS) is 26.1. The average Bonchev–Trinajstić information content (AvgIpc) is 2.84. The third-order valence-corrected chi connectivity index (χ3v) is 4.39. The second-order valence-electron chi connectivity index (χ2n) is 5.75. The summed E-state index contributed by atoms with van der Waals surface area (Å²) in [6.07, 6.45) is 12.4. The zero-order valence-electron chi connectivity index (χ0n) is 10.5. The van der Waals surface area contributed by atoms with Crippen LogP contribution >= 0.6 is 0 Å². The highest BCUT2D eigenvalue weighted by Gasteiger charge is 2.22. The molecule has 0 bridgehead atoms. The van der Waals surface area contributed by atoms with E-state index in [1.165, 1.54) is 57.8 Å². The van der Waals surface area contributed by atoms with E-state index in [0.717, 1.165) is 25.0 Å². The van der Waals surface area contributed by atoms with Crippen molar-refractivity contribution in [2.45, 2.75) is 63.8 Å². The van der Waals surface area contributed by atoms with Gasteiger partial charge in [-0.05, 0) is 37.5 Å². The van der Waals surface area contributed by atoms with Gasteiger partial charge in [-0.3, -0.25) is 0 Å². The summed E-state index contributed by atoms with van der Waals surface area (Å²) in [4.78, 5) is 0. The molecule has 0 aromatic heterocycles. The first-order valence-electron chi connectivity index (χ1n) is 7.19. The minimum absolute atomic E-state index is 0.297. The second kappa shape index (κ2) is 6.61. The Bertz CT molecular complexity index is 183. The number of ether oxygens (including phenoxy) is 1. The molecular weight excluding hydrogens is 198 g/mol. The number of nitrogens with two attached hydrogens (primary N) is 1. The largest absolute Gasteiger partial charge is 0.380 e. The predicted octanol–water partition coefficient (Wildman–Crippen LogP) is 3.10. The quantitative estimate of drug-likeness (QED) is 0.780. The lowest BCUT2D eigenvalue weighted by Gasteiger charge is -2.23. The van der Waals surface area contributed by atoms with E-state index in [1.54, 1.807) is 0 Å². The molecule has 2 aliphatic carbocycles. The first kappa shape index (κ1) is 12.4. The summed E-state index contributed by atoms with van der Waals surface area (Å²) in [7, 11) is 0. The van der Waals surface area contributed by atoms with Gasteiger partial charge in [0, 0.05) is 12.6 Å². The van der Waals surface area contributed by atoms with Gasteiger partial charge in [0.15, 0.2) is 0 Å². The van der Waals surface area contributed by atoms with Crippen LogP contribution in [0.25, 0.3) is 0 Å². The molecule has 2 fully saturated rings. The van der Waals surface area contributed by atoms with Crippen molar-refractivity contribution in [1.82, 2.24) is 0 Å². The number of rotatable bonds is 5. The molecule has 2 saturated carbocycles. The van der Waals surface area contributed by atoms with E-state index in [0.29, 0.717) is 6.04 Å². The van der Waals surface area contributed by atoms with Crippen molar-refractivity contribution >= 4 is 0 Å². The number of hydrogen-bond acceptors (Lipinski definition) is 2. The van der Waals surface area contributed by atoms with Gasteiger partial charge in [0.1, 0.15) is 0 Å². The lowest BCUT2D eigenvalue weighted by molar-refractivity contribution is 0.0661. The number of hydrogen-bond donors (Lipinski definition) is 1. The van der Waals surface area contributed by atoms with E-state index in [-0.39, 0.29) is 0 Å². The Hall–Kier alpha value is -0.0800. The third kappa shape index (κ3) is 3.74. The summed E-state index contributed by atoms with van der Waals surface area (Å²) in [6.45, 7) is 1.75. The van der Waals surface area contributed by atoms with Gasteiger partial charge in [0.2, 0.25) is 0 Å². The van der Waals surface area contributed by atoms with Gasteiger partial charge in [-0.15, -0.1) is 0 Å². The van der Waals surface area contributed by atoms with Crippen LogP contribution < -0.4 is 5.73 Å². The maximum atomic E-state index is 6.17. The van der Waals surface area contributed by atoms with E-state index in [9.17, 15) is 0 Å². The van der Waals surface area contributed by atoms with Crippen molar-refractivity contribution in [1.29, 1.82) is 0 Å². The van der Waals surface area contributed by atoms with Crippen molar-refractivity contribution in [3.63, 3.8) is 0 Å². The van der Waals surface area contributed by atoms with Crippen LogP contribution in [0.3, 0.4) is 0 Å². The Morgan fingerprint density at radius 1 is 0.938 bits per heavy atom. The van der Waals surface area contributed by atoms with E-state index in [4.69, 9.17) is 10.5 Å². The topological polar surface area (TPSA) is 35.2 Å². The van der Waals surface area contributed by atoms with Crippen LogP contribution in [0.2, 0.25) is 0 Å². The van der Waals surface area contributed by atoms with Crippen molar-refractivity contribution in [3.8, 4) is 0 Å². The van der Waals surface area contributed by atoms with E-state index < -0.39 is 0 Å². The first-order valence-corrected chi connectivity index (χ1v) is 7.19. The van der Waals surface area contributed by atoms with Crippen LogP contribution in [0.1, 0.15) is 57.8 Å². The SMILES string of the molecule is NC(COCC1CCCCC1)C1CCCC1. The average molecular weight is 225 g/mol. The van der Waals surface area contributed by atoms with E-state index in [1.807, 2.05) is 0 Å². The summed E-state index contributed by atoms with van der Waals surface area (Å²) < 4.78 is 5.82. The summed E-state index contributed by atoms with van der Waals surface area (Å²) >= 11 is 0. The lowest BCUT2D eigenvalue weighted by Crippen LogP contribution is -2.34. The Labute approximate surface area is 99.9 Å². The summed E-state index contributed by atoms with van der Waals surface area (Å²) in [6, 6.07) is 0.297. The summed E-state index contributed by atoms with van der Waals surface area (Å²) in [5.74, 6) is 1.57. The Morgan fingerprint density at radius 2 is 1.56 bits per heavy atom. The molecule has 0 aromatic carbocycles. The summed E-state index contributed by atoms with van der Waals surface area (Å²) in [5, 5.41) is 0. The highest BCUT2D eigenvalue weighted by atomic mass is 16.5. The first-order chi connectivity index (χ1) is 7.86. The van der Waals surface area contributed by atoms with Gasteiger partial charge in [0.05, 0.1) is 6.61 Å². The van der Waals surface area contributed by atoms with E-state index in [2.05, 4.69) is 0 Å². The molecule has 2 nitrogen and oxygen atoms in total. The van der Waals surface area contributed by atoms with Crippen LogP contribution in [0.4, 0.5) is 0 Å². The van der Waals surface area contributed by atoms with Crippen molar-refractivity contribution in [3.05, 3.63) is 0 Å². The Kier molecular flexibility index (Phi) is 5.11. The van der Waals surface area contributed by atoms with Gasteiger partial charge >= 0.3 is 0 Å². The minimum Gasteiger partial charge on any atom is -0.380 e. The standard InChI is InChI=1S/C14H27NO/c15-14(13-8-4-5-9-13)11-16-10-12-6-2-1-3-7-12/h12-14H,1-11,15H2. The van der Waals surface area contributed by atoms with Crippen molar-refractivity contribution < 1.29 is 4.74 Å². The summed E-state index contributed by atoms with van der Waals surface area (Å²) in [5.41, 5.74) is 6.17. The molecule has 2 heteroatoms. The minimum atomic E-state index is 0.297. The van der Waals surface area contributed by atoms with Gasteiger partial charge < -0.3 is 10.5 Å². The fourth-order valence-electron chi connectivity index (χ4n) is 3.25. The Morgan fingerprint density at radius 3 is 2.25 bits per heavy atom.